The van der Waals surface area contributed by atoms with Crippen LogP contribution in [0.15, 0.2) is 59.5 Å². The van der Waals surface area contributed by atoms with Crippen molar-refractivity contribution in [3.05, 3.63) is 65.2 Å². The molecule has 178 valence electrons. The summed E-state index contributed by atoms with van der Waals surface area (Å²) in [6.45, 7) is 2.40. The number of ether oxygens (including phenoxy) is 2. The predicted molar refractivity (Wildman–Crippen MR) is 133 cm³/mol. The molecule has 1 saturated heterocycles. The lowest BCUT2D eigenvalue weighted by Crippen LogP contribution is -2.36. The monoisotopic (exact) mass is 499 g/mol. The maximum Gasteiger partial charge on any atom is 0.246 e. The van der Waals surface area contributed by atoms with Gasteiger partial charge in [0.1, 0.15) is 27.1 Å². The molecule has 1 aromatic heterocycles. The Balaban J connectivity index is 1.66. The number of pyridine rings is 1. The van der Waals surface area contributed by atoms with Gasteiger partial charge in [0.2, 0.25) is 5.88 Å². The molecular formula is C25H26ClN3O4S. The maximum absolute atomic E-state index is 13.3. The predicted octanol–water partition coefficient (Wildman–Crippen LogP) is 4.93. The molecule has 0 spiro atoms. The molecule has 0 aliphatic carbocycles. The molecule has 34 heavy (non-hydrogen) atoms. The van der Waals surface area contributed by atoms with E-state index in [4.69, 9.17) is 26.1 Å². The minimum Gasteiger partial charge on any atom is -0.497 e. The van der Waals surface area contributed by atoms with E-state index >= 15 is 0 Å². The van der Waals surface area contributed by atoms with E-state index < -0.39 is 9.84 Å². The van der Waals surface area contributed by atoms with Gasteiger partial charge in [0.05, 0.1) is 12.9 Å². The third kappa shape index (κ3) is 4.40. The summed E-state index contributed by atoms with van der Waals surface area (Å²) >= 11 is 6.79. The molecule has 3 heterocycles. The van der Waals surface area contributed by atoms with E-state index in [0.29, 0.717) is 36.1 Å². The zero-order valence-corrected chi connectivity index (χ0v) is 20.5. The molecule has 0 radical (unpaired) electrons. The summed E-state index contributed by atoms with van der Waals surface area (Å²) in [5.41, 5.74) is 1.47. The fourth-order valence-electron chi connectivity index (χ4n) is 4.43. The Morgan fingerprint density at radius 3 is 2.32 bits per heavy atom. The summed E-state index contributed by atoms with van der Waals surface area (Å²) < 4.78 is 38.1. The summed E-state index contributed by atoms with van der Waals surface area (Å²) in [7, 11) is -2.02. The zero-order chi connectivity index (χ0) is 23.7. The van der Waals surface area contributed by atoms with E-state index in [0.717, 1.165) is 31.5 Å². The molecule has 0 atom stereocenters. The topological polar surface area (TPSA) is 72.0 Å². The highest BCUT2D eigenvalue weighted by atomic mass is 35.5. The summed E-state index contributed by atoms with van der Waals surface area (Å²) in [6.07, 6.45) is 2.02. The first kappa shape index (κ1) is 22.8. The Kier molecular flexibility index (Phi) is 6.27. The van der Waals surface area contributed by atoms with E-state index in [1.165, 1.54) is 0 Å². The number of sulfone groups is 1. The average molecular weight is 500 g/mol. The van der Waals surface area contributed by atoms with Crippen LogP contribution in [0.4, 0.5) is 11.5 Å². The van der Waals surface area contributed by atoms with E-state index in [2.05, 4.69) is 0 Å². The lowest BCUT2D eigenvalue weighted by Gasteiger charge is -2.34. The van der Waals surface area contributed by atoms with E-state index in [-0.39, 0.29) is 21.6 Å². The van der Waals surface area contributed by atoms with E-state index in [1.54, 1.807) is 31.4 Å². The number of anilines is 2. The minimum absolute atomic E-state index is 0.0159. The van der Waals surface area contributed by atoms with Gasteiger partial charge in [-0.2, -0.15) is 4.98 Å². The fraction of sp³-hybridized carbons (Fsp3) is 0.320. The molecule has 2 aliphatic rings. The van der Waals surface area contributed by atoms with Crippen molar-refractivity contribution in [2.24, 2.45) is 0 Å². The lowest BCUT2D eigenvalue weighted by atomic mass is 10.2. The number of benzene rings is 2. The first-order valence-corrected chi connectivity index (χ1v) is 13.3. The normalized spacial score (nSPS) is 16.9. The van der Waals surface area contributed by atoms with Gasteiger partial charge in [-0.25, -0.2) is 8.42 Å². The first-order chi connectivity index (χ1) is 16.5. The minimum atomic E-state index is -3.62. The summed E-state index contributed by atoms with van der Waals surface area (Å²) in [6, 6.07) is 17.0. The van der Waals surface area contributed by atoms with Crippen molar-refractivity contribution >= 4 is 32.9 Å². The molecule has 7 nitrogen and oxygen atoms in total. The molecule has 0 amide bonds. The molecule has 0 unspecified atom stereocenters. The molecule has 3 aromatic rings. The highest BCUT2D eigenvalue weighted by Crippen LogP contribution is 2.47. The molecule has 1 fully saturated rings. The van der Waals surface area contributed by atoms with Crippen LogP contribution in [0.1, 0.15) is 18.4 Å². The number of halogens is 1. The van der Waals surface area contributed by atoms with Crippen LogP contribution in [-0.2, 0) is 16.4 Å². The molecule has 0 N–H and O–H groups in total. The third-order valence-corrected chi connectivity index (χ3v) is 8.38. The van der Waals surface area contributed by atoms with Crippen LogP contribution in [0.25, 0.3) is 0 Å². The van der Waals surface area contributed by atoms with Crippen LogP contribution in [0.5, 0.6) is 17.4 Å². The molecular weight excluding hydrogens is 474 g/mol. The third-order valence-electron chi connectivity index (χ3n) is 6.17. The molecule has 9 heteroatoms. The standard InChI is InChI=1S/C25H26ClN3O4S/c1-32-19-9-11-20(12-10-19)33-25-22-23(21(26)24(27-25)28-13-5-6-14-28)34(30,31)16-15-29(22)17-18-7-3-2-4-8-18/h2-4,7-12H,5-6,13-17H2,1H3. The second-order valence-electron chi connectivity index (χ2n) is 8.43. The van der Waals surface area contributed by atoms with Crippen molar-refractivity contribution in [1.29, 1.82) is 0 Å². The van der Waals surface area contributed by atoms with Crippen LogP contribution < -0.4 is 19.3 Å². The van der Waals surface area contributed by atoms with Crippen LogP contribution in [0, 0.1) is 0 Å². The van der Waals surface area contributed by atoms with Crippen LogP contribution >= 0.6 is 11.6 Å². The van der Waals surface area contributed by atoms with Crippen LogP contribution in [0.3, 0.4) is 0 Å². The van der Waals surface area contributed by atoms with Gasteiger partial charge in [0.15, 0.2) is 15.7 Å². The number of aromatic nitrogens is 1. The number of fused-ring (bicyclic) bond motifs is 1. The van der Waals surface area contributed by atoms with Gasteiger partial charge in [-0.3, -0.25) is 0 Å². The van der Waals surface area contributed by atoms with E-state index in [9.17, 15) is 8.42 Å². The van der Waals surface area contributed by atoms with Crippen molar-refractivity contribution in [2.75, 3.05) is 42.3 Å². The van der Waals surface area contributed by atoms with Gasteiger partial charge in [-0.1, -0.05) is 41.9 Å². The fourth-order valence-corrected chi connectivity index (χ4v) is 6.58. The summed E-state index contributed by atoms with van der Waals surface area (Å²) in [5, 5.41) is 0.178. The van der Waals surface area contributed by atoms with Gasteiger partial charge in [0.25, 0.3) is 0 Å². The highest BCUT2D eigenvalue weighted by Gasteiger charge is 2.38. The van der Waals surface area contributed by atoms with Crippen LogP contribution in [-0.4, -0.2) is 45.9 Å². The van der Waals surface area contributed by atoms with Crippen molar-refractivity contribution in [1.82, 2.24) is 4.98 Å². The Morgan fingerprint density at radius 2 is 1.65 bits per heavy atom. The number of methoxy groups -OCH3 is 1. The summed E-state index contributed by atoms with van der Waals surface area (Å²) in [4.78, 5) is 8.94. The van der Waals surface area contributed by atoms with Gasteiger partial charge < -0.3 is 19.3 Å². The number of rotatable bonds is 6. The van der Waals surface area contributed by atoms with E-state index in [1.807, 2.05) is 40.1 Å². The smallest absolute Gasteiger partial charge is 0.246 e. The number of hydrogen-bond donors (Lipinski definition) is 0. The zero-order valence-electron chi connectivity index (χ0n) is 18.9. The van der Waals surface area contributed by atoms with Crippen molar-refractivity contribution in [3.8, 4) is 17.4 Å². The molecule has 2 aromatic carbocycles. The Bertz CT molecular complexity index is 1280. The van der Waals surface area contributed by atoms with Gasteiger partial charge >= 0.3 is 0 Å². The van der Waals surface area contributed by atoms with Crippen LogP contribution in [0.2, 0.25) is 5.02 Å². The molecule has 2 aliphatic heterocycles. The Labute approximate surface area is 204 Å². The van der Waals surface area contributed by atoms with Crippen molar-refractivity contribution in [3.63, 3.8) is 0 Å². The molecule has 5 rings (SSSR count). The lowest BCUT2D eigenvalue weighted by molar-refractivity contribution is 0.412. The highest BCUT2D eigenvalue weighted by molar-refractivity contribution is 7.91. The van der Waals surface area contributed by atoms with Gasteiger partial charge in [-0.05, 0) is 42.7 Å². The Morgan fingerprint density at radius 1 is 0.971 bits per heavy atom. The summed E-state index contributed by atoms with van der Waals surface area (Å²) in [5.74, 6) is 1.92. The molecule has 0 bridgehead atoms. The quantitative estimate of drug-likeness (QED) is 0.476. The first-order valence-electron chi connectivity index (χ1n) is 11.3. The second kappa shape index (κ2) is 9.35. The molecule has 0 saturated carbocycles. The number of hydrogen-bond acceptors (Lipinski definition) is 7. The second-order valence-corrected chi connectivity index (χ2v) is 10.9. The van der Waals surface area contributed by atoms with Crippen molar-refractivity contribution < 1.29 is 17.9 Å². The SMILES string of the molecule is COc1ccc(Oc2nc(N3CCCC3)c(Cl)c3c2N(Cc2ccccc2)CCS3(=O)=O)cc1. The van der Waals surface area contributed by atoms with Gasteiger partial charge in [0, 0.05) is 26.2 Å². The van der Waals surface area contributed by atoms with Gasteiger partial charge in [-0.15, -0.1) is 0 Å². The maximum atomic E-state index is 13.3. The Hall–Kier alpha value is -2.97. The largest absolute Gasteiger partial charge is 0.497 e. The van der Waals surface area contributed by atoms with Crippen molar-refractivity contribution in [2.45, 2.75) is 24.3 Å². The number of nitrogens with zero attached hydrogens (tertiary/aromatic N) is 3. The average Bonchev–Trinajstić information content (AvgIpc) is 3.38.